The number of hydrogen-bond donors (Lipinski definition) is 0. The first-order chi connectivity index (χ1) is 13.3. The molecule has 0 aromatic heterocycles. The van der Waals surface area contributed by atoms with E-state index in [1.165, 1.54) is 0 Å². The lowest BCUT2D eigenvalue weighted by Crippen LogP contribution is -1.96. The summed E-state index contributed by atoms with van der Waals surface area (Å²) >= 11 is 6.39. The van der Waals surface area contributed by atoms with Crippen LogP contribution in [0.5, 0.6) is 11.5 Å². The molecule has 0 heterocycles. The molecule has 0 bridgehead atoms. The second kappa shape index (κ2) is 8.15. The van der Waals surface area contributed by atoms with Crippen LogP contribution in [0.3, 0.4) is 0 Å². The number of benzene rings is 4. The molecule has 2 nitrogen and oxygen atoms in total. The van der Waals surface area contributed by atoms with Crippen LogP contribution >= 0.6 is 11.6 Å². The maximum Gasteiger partial charge on any atom is 0.139 e. The fourth-order valence-corrected chi connectivity index (χ4v) is 3.13. The summed E-state index contributed by atoms with van der Waals surface area (Å²) in [5.41, 5.74) is 2.24. The average Bonchev–Trinajstić information content (AvgIpc) is 2.72. The highest BCUT2D eigenvalue weighted by molar-refractivity contribution is 6.32. The van der Waals surface area contributed by atoms with Crippen LogP contribution in [-0.4, -0.2) is 0 Å². The van der Waals surface area contributed by atoms with E-state index in [1.807, 2.05) is 78.9 Å². The lowest BCUT2D eigenvalue weighted by atomic mass is 10.1. The quantitative estimate of drug-likeness (QED) is 0.376. The molecule has 4 aromatic rings. The molecule has 134 valence electrons. The monoisotopic (exact) mass is 374 g/mol. The molecule has 0 unspecified atom stereocenters. The standard InChI is InChI=1S/C24H19ClO2/c25-23-14-20-11-12-22(26-16-18-7-3-1-4-8-18)13-21(20)15-24(23)27-17-19-9-5-2-6-10-19/h1-15H,16-17H2. The zero-order valence-corrected chi connectivity index (χ0v) is 15.5. The maximum atomic E-state index is 6.39. The van der Waals surface area contributed by atoms with Crippen molar-refractivity contribution in [1.29, 1.82) is 0 Å². The first-order valence-electron chi connectivity index (χ1n) is 8.85. The summed E-state index contributed by atoms with van der Waals surface area (Å²) < 4.78 is 11.9. The molecule has 0 saturated heterocycles. The van der Waals surface area contributed by atoms with Gasteiger partial charge in [-0.15, -0.1) is 0 Å². The van der Waals surface area contributed by atoms with Crippen LogP contribution in [0.2, 0.25) is 5.02 Å². The second-order valence-corrected chi connectivity index (χ2v) is 6.75. The lowest BCUT2D eigenvalue weighted by molar-refractivity contribution is 0.305. The van der Waals surface area contributed by atoms with Crippen LogP contribution in [0.1, 0.15) is 11.1 Å². The van der Waals surface area contributed by atoms with Gasteiger partial charge in [-0.05, 0) is 46.2 Å². The number of fused-ring (bicyclic) bond motifs is 1. The molecule has 0 aliphatic carbocycles. The van der Waals surface area contributed by atoms with Crippen LogP contribution < -0.4 is 9.47 Å². The largest absolute Gasteiger partial charge is 0.489 e. The Morgan fingerprint density at radius 1 is 0.593 bits per heavy atom. The van der Waals surface area contributed by atoms with E-state index in [-0.39, 0.29) is 0 Å². The predicted molar refractivity (Wildman–Crippen MR) is 111 cm³/mol. The Hall–Kier alpha value is -2.97. The molecule has 0 saturated carbocycles. The van der Waals surface area contributed by atoms with Crippen molar-refractivity contribution < 1.29 is 9.47 Å². The van der Waals surface area contributed by atoms with Gasteiger partial charge in [-0.2, -0.15) is 0 Å². The summed E-state index contributed by atoms with van der Waals surface area (Å²) in [6.45, 7) is 1.02. The van der Waals surface area contributed by atoms with Crippen LogP contribution in [0, 0.1) is 0 Å². The smallest absolute Gasteiger partial charge is 0.139 e. The van der Waals surface area contributed by atoms with Crippen molar-refractivity contribution in [3.8, 4) is 11.5 Å². The molecule has 0 fully saturated rings. The average molecular weight is 375 g/mol. The second-order valence-electron chi connectivity index (χ2n) is 6.34. The first-order valence-corrected chi connectivity index (χ1v) is 9.22. The van der Waals surface area contributed by atoms with Crippen molar-refractivity contribution in [3.63, 3.8) is 0 Å². The van der Waals surface area contributed by atoms with E-state index in [0.717, 1.165) is 27.6 Å². The number of rotatable bonds is 6. The minimum absolute atomic E-state index is 0.482. The third kappa shape index (κ3) is 4.42. The number of ether oxygens (including phenoxy) is 2. The molecular formula is C24H19ClO2. The van der Waals surface area contributed by atoms with Crippen molar-refractivity contribution in [1.82, 2.24) is 0 Å². The number of halogens is 1. The maximum absolute atomic E-state index is 6.39. The van der Waals surface area contributed by atoms with Crippen LogP contribution in [-0.2, 0) is 13.2 Å². The Kier molecular flexibility index (Phi) is 5.27. The van der Waals surface area contributed by atoms with Gasteiger partial charge in [0.05, 0.1) is 5.02 Å². The Bertz CT molecular complexity index is 1030. The van der Waals surface area contributed by atoms with Crippen LogP contribution in [0.15, 0.2) is 91.0 Å². The van der Waals surface area contributed by atoms with Gasteiger partial charge >= 0.3 is 0 Å². The van der Waals surface area contributed by atoms with Crippen LogP contribution in [0.4, 0.5) is 0 Å². The Morgan fingerprint density at radius 3 is 1.89 bits per heavy atom. The lowest BCUT2D eigenvalue weighted by Gasteiger charge is -2.11. The van der Waals surface area contributed by atoms with E-state index in [9.17, 15) is 0 Å². The van der Waals surface area contributed by atoms with E-state index in [4.69, 9.17) is 21.1 Å². The molecule has 3 heteroatoms. The van der Waals surface area contributed by atoms with Crippen molar-refractivity contribution in [2.45, 2.75) is 13.2 Å². The van der Waals surface area contributed by atoms with Crippen molar-refractivity contribution >= 4 is 22.4 Å². The molecule has 0 aliphatic rings. The molecule has 0 atom stereocenters. The molecule has 4 aromatic carbocycles. The zero-order chi connectivity index (χ0) is 18.5. The molecule has 0 radical (unpaired) electrons. The summed E-state index contributed by atoms with van der Waals surface area (Å²) in [4.78, 5) is 0. The van der Waals surface area contributed by atoms with Gasteiger partial charge in [-0.25, -0.2) is 0 Å². The third-order valence-electron chi connectivity index (χ3n) is 4.35. The summed E-state index contributed by atoms with van der Waals surface area (Å²) in [6, 6.07) is 30.1. The summed E-state index contributed by atoms with van der Waals surface area (Å²) in [6.07, 6.45) is 0. The topological polar surface area (TPSA) is 18.5 Å². The summed E-state index contributed by atoms with van der Waals surface area (Å²) in [7, 11) is 0. The fraction of sp³-hybridized carbons (Fsp3) is 0.0833. The van der Waals surface area contributed by atoms with Gasteiger partial charge in [-0.1, -0.05) is 78.3 Å². The Labute approximate surface area is 163 Å². The van der Waals surface area contributed by atoms with Gasteiger partial charge in [0.25, 0.3) is 0 Å². The van der Waals surface area contributed by atoms with E-state index in [1.54, 1.807) is 0 Å². The molecule has 0 aliphatic heterocycles. The van der Waals surface area contributed by atoms with Crippen molar-refractivity contribution in [2.24, 2.45) is 0 Å². The van der Waals surface area contributed by atoms with E-state index in [0.29, 0.717) is 24.0 Å². The normalized spacial score (nSPS) is 10.7. The van der Waals surface area contributed by atoms with Gasteiger partial charge in [0.15, 0.2) is 0 Å². The first kappa shape index (κ1) is 17.4. The molecule has 0 N–H and O–H groups in total. The predicted octanol–water partition coefficient (Wildman–Crippen LogP) is 6.65. The minimum atomic E-state index is 0.482. The number of hydrogen-bond acceptors (Lipinski definition) is 2. The highest BCUT2D eigenvalue weighted by Gasteiger charge is 2.07. The third-order valence-corrected chi connectivity index (χ3v) is 4.64. The Balaban J connectivity index is 1.52. The van der Waals surface area contributed by atoms with E-state index >= 15 is 0 Å². The van der Waals surface area contributed by atoms with Gasteiger partial charge in [-0.3, -0.25) is 0 Å². The molecule has 4 rings (SSSR count). The van der Waals surface area contributed by atoms with Crippen LogP contribution in [0.25, 0.3) is 10.8 Å². The highest BCUT2D eigenvalue weighted by Crippen LogP contribution is 2.32. The van der Waals surface area contributed by atoms with Crippen molar-refractivity contribution in [3.05, 3.63) is 107 Å². The Morgan fingerprint density at radius 2 is 1.22 bits per heavy atom. The van der Waals surface area contributed by atoms with Gasteiger partial charge in [0, 0.05) is 0 Å². The van der Waals surface area contributed by atoms with E-state index in [2.05, 4.69) is 12.1 Å². The molecule has 0 amide bonds. The minimum Gasteiger partial charge on any atom is -0.489 e. The SMILES string of the molecule is Clc1cc2ccc(OCc3ccccc3)cc2cc1OCc1ccccc1. The van der Waals surface area contributed by atoms with Gasteiger partial charge in [0.1, 0.15) is 24.7 Å². The fourth-order valence-electron chi connectivity index (χ4n) is 2.90. The van der Waals surface area contributed by atoms with Crippen molar-refractivity contribution in [2.75, 3.05) is 0 Å². The summed E-state index contributed by atoms with van der Waals surface area (Å²) in [5.74, 6) is 1.50. The van der Waals surface area contributed by atoms with Gasteiger partial charge in [0.2, 0.25) is 0 Å². The highest BCUT2D eigenvalue weighted by atomic mass is 35.5. The van der Waals surface area contributed by atoms with E-state index < -0.39 is 0 Å². The summed E-state index contributed by atoms with van der Waals surface area (Å²) in [5, 5.41) is 2.70. The molecular weight excluding hydrogens is 356 g/mol. The molecule has 27 heavy (non-hydrogen) atoms. The van der Waals surface area contributed by atoms with Gasteiger partial charge < -0.3 is 9.47 Å². The zero-order valence-electron chi connectivity index (χ0n) is 14.8. The molecule has 0 spiro atoms.